The predicted octanol–water partition coefficient (Wildman–Crippen LogP) is 6.84. The largest absolute Gasteiger partial charge is 0.202 e. The van der Waals surface area contributed by atoms with Crippen molar-refractivity contribution in [2.45, 2.75) is 77.7 Å². The van der Waals surface area contributed by atoms with E-state index in [1.54, 1.807) is 50.0 Å². The first-order valence-electron chi connectivity index (χ1n) is 9.13. The van der Waals surface area contributed by atoms with Gasteiger partial charge >= 0.3 is 0 Å². The van der Waals surface area contributed by atoms with Crippen molar-refractivity contribution >= 4 is 56.2 Å². The number of nitrogens with zero attached hydrogens (tertiary/aromatic N) is 3. The Morgan fingerprint density at radius 3 is 1.56 bits per heavy atom. The highest BCUT2D eigenvalue weighted by Crippen LogP contribution is 2.28. The fraction of sp³-hybridized carbons (Fsp3) is 0.667. The summed E-state index contributed by atoms with van der Waals surface area (Å²) >= 11 is 3.59. The van der Waals surface area contributed by atoms with E-state index in [-0.39, 0.29) is 7.14 Å². The standard InChI is InChI=1S/C18H25F2I2N3/c1-2-3-4-5-6-7-8-9-10-11-12-25-23-17-15(21)13(19)14(20)16(22)18(17)24-25/h2-12H2,1H3. The molecule has 7 heteroatoms. The average molecular weight is 575 g/mol. The van der Waals surface area contributed by atoms with Crippen LogP contribution >= 0.6 is 45.2 Å². The molecule has 0 unspecified atom stereocenters. The summed E-state index contributed by atoms with van der Waals surface area (Å²) in [6.45, 7) is 2.94. The van der Waals surface area contributed by atoms with Gasteiger partial charge in [-0.25, -0.2) is 8.78 Å². The molecule has 0 atom stereocenters. The van der Waals surface area contributed by atoms with Crippen LogP contribution < -0.4 is 0 Å². The molecule has 0 bridgehead atoms. The second-order valence-corrected chi connectivity index (χ2v) is 8.59. The van der Waals surface area contributed by atoms with E-state index in [2.05, 4.69) is 17.1 Å². The smallest absolute Gasteiger partial charge is 0.175 e. The van der Waals surface area contributed by atoms with Gasteiger partial charge in [0.05, 0.1) is 13.7 Å². The zero-order chi connectivity index (χ0) is 18.2. The van der Waals surface area contributed by atoms with Crippen LogP contribution in [0.15, 0.2) is 0 Å². The van der Waals surface area contributed by atoms with Gasteiger partial charge in [-0.2, -0.15) is 15.0 Å². The molecular weight excluding hydrogens is 550 g/mol. The monoisotopic (exact) mass is 575 g/mol. The van der Waals surface area contributed by atoms with E-state index >= 15 is 0 Å². The van der Waals surface area contributed by atoms with Crippen molar-refractivity contribution in [3.05, 3.63) is 18.8 Å². The number of benzene rings is 1. The van der Waals surface area contributed by atoms with Crippen LogP contribution in [0.5, 0.6) is 0 Å². The summed E-state index contributed by atoms with van der Waals surface area (Å²) in [4.78, 5) is 1.58. The third kappa shape index (κ3) is 5.97. The van der Waals surface area contributed by atoms with Crippen molar-refractivity contribution in [2.24, 2.45) is 0 Å². The average Bonchev–Trinajstić information content (AvgIpc) is 3.04. The molecule has 0 N–H and O–H groups in total. The van der Waals surface area contributed by atoms with Gasteiger partial charge in [-0.3, -0.25) is 0 Å². The van der Waals surface area contributed by atoms with E-state index in [0.717, 1.165) is 12.8 Å². The Hall–Kier alpha value is -0.0600. The number of unbranched alkanes of at least 4 members (excludes halogenated alkanes) is 9. The first-order valence-corrected chi connectivity index (χ1v) is 11.3. The van der Waals surface area contributed by atoms with Gasteiger partial charge in [-0.05, 0) is 51.6 Å². The topological polar surface area (TPSA) is 30.7 Å². The fourth-order valence-electron chi connectivity index (χ4n) is 2.88. The Kier molecular flexibility index (Phi) is 9.29. The van der Waals surface area contributed by atoms with Crippen LogP contribution in [0.4, 0.5) is 8.78 Å². The third-order valence-electron chi connectivity index (χ3n) is 4.36. The molecule has 0 fully saturated rings. The zero-order valence-electron chi connectivity index (χ0n) is 14.6. The fourth-order valence-corrected chi connectivity index (χ4v) is 4.09. The van der Waals surface area contributed by atoms with Crippen molar-refractivity contribution in [2.75, 3.05) is 0 Å². The molecule has 2 aromatic rings. The van der Waals surface area contributed by atoms with Crippen LogP contribution in [0.2, 0.25) is 0 Å². The molecule has 3 nitrogen and oxygen atoms in total. The molecule has 1 heterocycles. The van der Waals surface area contributed by atoms with Crippen molar-refractivity contribution < 1.29 is 8.78 Å². The van der Waals surface area contributed by atoms with Crippen LogP contribution in [-0.4, -0.2) is 15.0 Å². The van der Waals surface area contributed by atoms with Crippen molar-refractivity contribution in [3.63, 3.8) is 0 Å². The minimum absolute atomic E-state index is 0.208. The van der Waals surface area contributed by atoms with Crippen molar-refractivity contribution in [1.82, 2.24) is 15.0 Å². The van der Waals surface area contributed by atoms with Gasteiger partial charge in [0.1, 0.15) is 11.0 Å². The summed E-state index contributed by atoms with van der Waals surface area (Å²) in [5.41, 5.74) is 0.909. The van der Waals surface area contributed by atoms with E-state index in [1.807, 2.05) is 0 Å². The Bertz CT molecular complexity index is 644. The predicted molar refractivity (Wildman–Crippen MR) is 115 cm³/mol. The van der Waals surface area contributed by atoms with Crippen LogP contribution in [-0.2, 0) is 6.54 Å². The van der Waals surface area contributed by atoms with E-state index in [4.69, 9.17) is 0 Å². The van der Waals surface area contributed by atoms with Gasteiger partial charge in [0.15, 0.2) is 11.6 Å². The normalized spacial score (nSPS) is 11.6. The zero-order valence-corrected chi connectivity index (χ0v) is 18.9. The Morgan fingerprint density at radius 1 is 0.720 bits per heavy atom. The maximum absolute atomic E-state index is 13.8. The van der Waals surface area contributed by atoms with Gasteiger partial charge in [-0.1, -0.05) is 64.7 Å². The molecule has 0 spiro atoms. The Labute approximate surface area is 175 Å². The molecule has 140 valence electrons. The molecule has 25 heavy (non-hydrogen) atoms. The third-order valence-corrected chi connectivity index (χ3v) is 6.33. The molecule has 0 radical (unpaired) electrons. The minimum atomic E-state index is -0.830. The number of halogens is 4. The van der Waals surface area contributed by atoms with Gasteiger partial charge in [0, 0.05) is 0 Å². The minimum Gasteiger partial charge on any atom is -0.202 e. The van der Waals surface area contributed by atoms with Crippen LogP contribution in [0, 0.1) is 18.8 Å². The molecule has 1 aromatic carbocycles. The number of aromatic nitrogens is 3. The molecule has 0 aliphatic rings. The van der Waals surface area contributed by atoms with Crippen LogP contribution in [0.25, 0.3) is 11.0 Å². The number of hydrogen-bond donors (Lipinski definition) is 0. The molecule has 2 rings (SSSR count). The quantitative estimate of drug-likeness (QED) is 0.127. The molecule has 0 saturated heterocycles. The molecule has 0 saturated carbocycles. The Morgan fingerprint density at radius 2 is 1.12 bits per heavy atom. The summed E-state index contributed by atoms with van der Waals surface area (Å²) < 4.78 is 28.0. The summed E-state index contributed by atoms with van der Waals surface area (Å²) in [7, 11) is 0. The highest BCUT2D eigenvalue weighted by molar-refractivity contribution is 14.1. The highest BCUT2D eigenvalue weighted by atomic mass is 127. The second kappa shape index (κ2) is 10.9. The van der Waals surface area contributed by atoms with Gasteiger partial charge in [-0.15, -0.1) is 0 Å². The molecular formula is C18H25F2I2N3. The SMILES string of the molecule is CCCCCCCCCCCCn1nc2c(I)c(F)c(F)c(I)c2n1. The lowest BCUT2D eigenvalue weighted by molar-refractivity contribution is 0.483. The van der Waals surface area contributed by atoms with Gasteiger partial charge < -0.3 is 0 Å². The first-order chi connectivity index (χ1) is 12.1. The van der Waals surface area contributed by atoms with E-state index in [1.165, 1.54) is 51.4 Å². The van der Waals surface area contributed by atoms with E-state index < -0.39 is 11.6 Å². The second-order valence-electron chi connectivity index (χ2n) is 6.43. The van der Waals surface area contributed by atoms with Crippen LogP contribution in [0.1, 0.15) is 71.1 Å². The maximum atomic E-state index is 13.8. The summed E-state index contributed by atoms with van der Waals surface area (Å²) in [5.74, 6) is -1.66. The number of fused-ring (bicyclic) bond motifs is 1. The summed E-state index contributed by atoms with van der Waals surface area (Å²) in [5, 5.41) is 8.67. The number of hydrogen-bond acceptors (Lipinski definition) is 2. The van der Waals surface area contributed by atoms with E-state index in [0.29, 0.717) is 17.6 Å². The lowest BCUT2D eigenvalue weighted by Crippen LogP contribution is -2.02. The summed E-state index contributed by atoms with van der Waals surface area (Å²) in [6.07, 6.45) is 12.7. The van der Waals surface area contributed by atoms with Crippen molar-refractivity contribution in [1.29, 1.82) is 0 Å². The molecule has 0 aliphatic carbocycles. The maximum Gasteiger partial charge on any atom is 0.175 e. The highest BCUT2D eigenvalue weighted by Gasteiger charge is 2.20. The molecule has 0 aliphatic heterocycles. The first kappa shape index (κ1) is 21.2. The number of rotatable bonds is 11. The van der Waals surface area contributed by atoms with Crippen LogP contribution in [0.3, 0.4) is 0 Å². The summed E-state index contributed by atoms with van der Waals surface area (Å²) in [6, 6.07) is 0. The molecule has 1 aromatic heterocycles. The van der Waals surface area contributed by atoms with E-state index in [9.17, 15) is 8.78 Å². The number of aryl methyl sites for hydroxylation is 1. The van der Waals surface area contributed by atoms with Gasteiger partial charge in [0.25, 0.3) is 0 Å². The molecule has 0 amide bonds. The van der Waals surface area contributed by atoms with Crippen molar-refractivity contribution in [3.8, 4) is 0 Å². The lowest BCUT2D eigenvalue weighted by atomic mass is 10.1. The van der Waals surface area contributed by atoms with Gasteiger partial charge in [0.2, 0.25) is 0 Å². The lowest BCUT2D eigenvalue weighted by Gasteiger charge is -2.02. The Balaban J connectivity index is 1.73.